The zero-order valence-electron chi connectivity index (χ0n) is 22.0. The van der Waals surface area contributed by atoms with Crippen molar-refractivity contribution in [2.24, 2.45) is 0 Å². The fraction of sp³-hybridized carbons (Fsp3) is 0.167. The minimum Gasteiger partial charge on any atom is -0.0613 e. The number of benzene rings is 6. The molecule has 0 aliphatic heterocycles. The number of rotatable bonds is 6. The monoisotopic (exact) mass is 496 g/mol. The second-order valence-electron chi connectivity index (χ2n) is 9.99. The standard InChI is InChI=1S/C36H33P/c1-4-25-7-10-31-22-34(16-13-28(31)19-25)37(35-17-14-29-20-26(5-2)8-11-32(29)23-35)36-18-15-30-21-27(6-3)9-12-33(30)24-36/h7-24H,4-6H2,1-3H3. The quantitative estimate of drug-likeness (QED) is 0.203. The Kier molecular flexibility index (Phi) is 6.54. The highest BCUT2D eigenvalue weighted by Crippen LogP contribution is 2.36. The van der Waals surface area contributed by atoms with Crippen molar-refractivity contribution in [3.05, 3.63) is 126 Å². The van der Waals surface area contributed by atoms with Gasteiger partial charge in [0.15, 0.2) is 0 Å². The molecule has 0 unspecified atom stereocenters. The fourth-order valence-electron chi connectivity index (χ4n) is 5.37. The van der Waals surface area contributed by atoms with Crippen LogP contribution in [0.3, 0.4) is 0 Å². The lowest BCUT2D eigenvalue weighted by molar-refractivity contribution is 1.15. The van der Waals surface area contributed by atoms with E-state index >= 15 is 0 Å². The van der Waals surface area contributed by atoms with E-state index in [1.54, 1.807) is 0 Å². The molecule has 0 bridgehead atoms. The highest BCUT2D eigenvalue weighted by Gasteiger charge is 2.18. The molecule has 1 heteroatoms. The molecule has 0 aliphatic rings. The van der Waals surface area contributed by atoms with Crippen LogP contribution in [0.2, 0.25) is 0 Å². The van der Waals surface area contributed by atoms with Gasteiger partial charge in [-0.3, -0.25) is 0 Å². The van der Waals surface area contributed by atoms with Gasteiger partial charge in [0.1, 0.15) is 0 Å². The summed E-state index contributed by atoms with van der Waals surface area (Å²) in [6.07, 6.45) is 3.20. The molecule has 0 nitrogen and oxygen atoms in total. The van der Waals surface area contributed by atoms with Gasteiger partial charge in [0.05, 0.1) is 0 Å². The minimum atomic E-state index is -0.699. The first kappa shape index (κ1) is 23.9. The van der Waals surface area contributed by atoms with Crippen molar-refractivity contribution in [1.29, 1.82) is 0 Å². The predicted octanol–water partition coefficient (Wildman–Crippen LogP) is 8.59. The molecule has 0 N–H and O–H groups in total. The molecule has 0 atom stereocenters. The summed E-state index contributed by atoms with van der Waals surface area (Å²) in [5.41, 5.74) is 4.18. The summed E-state index contributed by atoms with van der Waals surface area (Å²) in [7, 11) is -0.699. The third-order valence-corrected chi connectivity index (χ3v) is 10.0. The molecule has 6 aromatic rings. The maximum atomic E-state index is 2.43. The van der Waals surface area contributed by atoms with Crippen molar-refractivity contribution >= 4 is 56.2 Å². The van der Waals surface area contributed by atoms with Crippen LogP contribution in [0, 0.1) is 0 Å². The zero-order chi connectivity index (χ0) is 25.4. The summed E-state index contributed by atoms with van der Waals surface area (Å²) in [5, 5.41) is 12.2. The van der Waals surface area contributed by atoms with Gasteiger partial charge >= 0.3 is 0 Å². The summed E-state index contributed by atoms with van der Waals surface area (Å²) in [6.45, 7) is 6.67. The average Bonchev–Trinajstić information content (AvgIpc) is 2.96. The predicted molar refractivity (Wildman–Crippen MR) is 166 cm³/mol. The Morgan fingerprint density at radius 3 is 0.919 bits per heavy atom. The first-order valence-electron chi connectivity index (χ1n) is 13.5. The SMILES string of the molecule is CCc1ccc2cc(P(c3ccc4cc(CC)ccc4c3)c3ccc4cc(CC)ccc4c3)ccc2c1. The summed E-state index contributed by atoms with van der Waals surface area (Å²) in [5.74, 6) is 0. The first-order chi connectivity index (χ1) is 18.1. The van der Waals surface area contributed by atoms with Gasteiger partial charge in [-0.05, 0) is 110 Å². The van der Waals surface area contributed by atoms with Gasteiger partial charge in [-0.15, -0.1) is 0 Å². The number of hydrogen-bond donors (Lipinski definition) is 0. The molecular formula is C36H33P. The van der Waals surface area contributed by atoms with E-state index in [2.05, 4.69) is 130 Å². The molecule has 0 aliphatic carbocycles. The molecule has 182 valence electrons. The van der Waals surface area contributed by atoms with Crippen LogP contribution in [0.15, 0.2) is 109 Å². The van der Waals surface area contributed by atoms with E-state index in [4.69, 9.17) is 0 Å². The van der Waals surface area contributed by atoms with Crippen LogP contribution >= 0.6 is 7.92 Å². The van der Waals surface area contributed by atoms with E-state index in [1.165, 1.54) is 64.9 Å². The number of aryl methyl sites for hydroxylation is 3. The molecule has 0 fully saturated rings. The van der Waals surface area contributed by atoms with Crippen molar-refractivity contribution in [3.63, 3.8) is 0 Å². The van der Waals surface area contributed by atoms with Gasteiger partial charge in [-0.25, -0.2) is 0 Å². The largest absolute Gasteiger partial charge is 0.0613 e. The van der Waals surface area contributed by atoms with Crippen LogP contribution in [-0.4, -0.2) is 0 Å². The second kappa shape index (κ2) is 10.1. The zero-order valence-corrected chi connectivity index (χ0v) is 22.9. The van der Waals surface area contributed by atoms with E-state index in [0.717, 1.165) is 19.3 Å². The Morgan fingerprint density at radius 1 is 0.351 bits per heavy atom. The smallest absolute Gasteiger partial charge is 0.0134 e. The van der Waals surface area contributed by atoms with Crippen molar-refractivity contribution in [1.82, 2.24) is 0 Å². The Hall–Kier alpha value is -3.47. The van der Waals surface area contributed by atoms with Crippen LogP contribution in [0.1, 0.15) is 37.5 Å². The van der Waals surface area contributed by atoms with Crippen molar-refractivity contribution < 1.29 is 0 Å². The lowest BCUT2D eigenvalue weighted by Crippen LogP contribution is -2.20. The van der Waals surface area contributed by atoms with Crippen LogP contribution in [0.4, 0.5) is 0 Å². The molecule has 0 saturated heterocycles. The summed E-state index contributed by atoms with van der Waals surface area (Å²) >= 11 is 0. The Morgan fingerprint density at radius 2 is 0.622 bits per heavy atom. The summed E-state index contributed by atoms with van der Waals surface area (Å²) in [6, 6.07) is 42.1. The topological polar surface area (TPSA) is 0 Å². The van der Waals surface area contributed by atoms with E-state index in [-0.39, 0.29) is 0 Å². The third kappa shape index (κ3) is 4.68. The molecule has 0 spiro atoms. The van der Waals surface area contributed by atoms with Gasteiger partial charge in [0.2, 0.25) is 0 Å². The maximum Gasteiger partial charge on any atom is -0.0134 e. The molecule has 0 aromatic heterocycles. The maximum absolute atomic E-state index is 2.43. The second-order valence-corrected chi connectivity index (χ2v) is 12.2. The fourth-order valence-corrected chi connectivity index (χ4v) is 7.74. The Balaban J connectivity index is 1.53. The summed E-state index contributed by atoms with van der Waals surface area (Å²) in [4.78, 5) is 0. The van der Waals surface area contributed by atoms with Gasteiger partial charge in [0.25, 0.3) is 0 Å². The van der Waals surface area contributed by atoms with Crippen molar-refractivity contribution in [3.8, 4) is 0 Å². The van der Waals surface area contributed by atoms with Gasteiger partial charge in [0, 0.05) is 0 Å². The average molecular weight is 497 g/mol. The Labute approximate surface area is 221 Å². The highest BCUT2D eigenvalue weighted by atomic mass is 31.1. The van der Waals surface area contributed by atoms with E-state index in [9.17, 15) is 0 Å². The van der Waals surface area contributed by atoms with Crippen molar-refractivity contribution in [2.45, 2.75) is 40.0 Å². The molecular weight excluding hydrogens is 463 g/mol. The van der Waals surface area contributed by atoms with Gasteiger partial charge in [-0.1, -0.05) is 112 Å². The van der Waals surface area contributed by atoms with E-state index < -0.39 is 7.92 Å². The molecule has 0 radical (unpaired) electrons. The minimum absolute atomic E-state index is 0.699. The molecule has 6 aromatic carbocycles. The van der Waals surface area contributed by atoms with Crippen LogP contribution in [0.5, 0.6) is 0 Å². The number of hydrogen-bond acceptors (Lipinski definition) is 0. The summed E-state index contributed by atoms with van der Waals surface area (Å²) < 4.78 is 0. The molecule has 0 amide bonds. The molecule has 0 heterocycles. The lowest BCUT2D eigenvalue weighted by Gasteiger charge is -2.21. The molecule has 0 saturated carbocycles. The molecule has 6 rings (SSSR count). The highest BCUT2D eigenvalue weighted by molar-refractivity contribution is 7.79. The first-order valence-corrected chi connectivity index (χ1v) is 14.9. The third-order valence-electron chi connectivity index (χ3n) is 7.66. The van der Waals surface area contributed by atoms with E-state index in [0.29, 0.717) is 0 Å². The van der Waals surface area contributed by atoms with Crippen LogP contribution in [0.25, 0.3) is 32.3 Å². The van der Waals surface area contributed by atoms with Crippen LogP contribution < -0.4 is 15.9 Å². The normalized spacial score (nSPS) is 11.7. The van der Waals surface area contributed by atoms with Gasteiger partial charge in [-0.2, -0.15) is 0 Å². The lowest BCUT2D eigenvalue weighted by atomic mass is 10.1. The van der Waals surface area contributed by atoms with E-state index in [1.807, 2.05) is 0 Å². The molecule has 37 heavy (non-hydrogen) atoms. The van der Waals surface area contributed by atoms with Crippen molar-refractivity contribution in [2.75, 3.05) is 0 Å². The number of fused-ring (bicyclic) bond motifs is 3. The van der Waals surface area contributed by atoms with Crippen LogP contribution in [-0.2, 0) is 19.3 Å². The van der Waals surface area contributed by atoms with Gasteiger partial charge < -0.3 is 0 Å². The Bertz CT molecular complexity index is 1540.